The molecule has 1 fully saturated rings. The molecule has 1 unspecified atom stereocenters. The number of nitrogens with one attached hydrogen (secondary N) is 1. The van der Waals surface area contributed by atoms with Crippen LogP contribution in [0.1, 0.15) is 12.8 Å². The lowest BCUT2D eigenvalue weighted by molar-refractivity contribution is -0.147. The highest BCUT2D eigenvalue weighted by molar-refractivity contribution is 9.09. The molecule has 0 aromatic carbocycles. The molecule has 0 aromatic heterocycles. The van der Waals surface area contributed by atoms with Crippen molar-refractivity contribution in [2.45, 2.75) is 18.4 Å². The van der Waals surface area contributed by atoms with E-state index in [1.807, 2.05) is 0 Å². The predicted molar refractivity (Wildman–Crippen MR) is 45.9 cm³/mol. The minimum absolute atomic E-state index is 0.0974. The standard InChI is InChI=1S/C7H10BrNO3/c1-12-6(11)7(4-8)3-2-5(10)9-7/h2-4H2,1H3,(H,9,10). The Hall–Kier alpha value is -0.580. The van der Waals surface area contributed by atoms with E-state index in [2.05, 4.69) is 26.0 Å². The van der Waals surface area contributed by atoms with Crippen LogP contribution in [-0.2, 0) is 14.3 Å². The number of rotatable bonds is 2. The van der Waals surface area contributed by atoms with Crippen molar-refractivity contribution in [3.63, 3.8) is 0 Å². The summed E-state index contributed by atoms with van der Waals surface area (Å²) in [5.41, 5.74) is -0.828. The molecule has 0 aliphatic carbocycles. The third-order valence-corrected chi connectivity index (χ3v) is 2.92. The maximum absolute atomic E-state index is 11.2. The van der Waals surface area contributed by atoms with Crippen molar-refractivity contribution in [1.29, 1.82) is 0 Å². The van der Waals surface area contributed by atoms with Crippen molar-refractivity contribution in [1.82, 2.24) is 5.32 Å². The largest absolute Gasteiger partial charge is 0.467 e. The van der Waals surface area contributed by atoms with Crippen LogP contribution in [0.4, 0.5) is 0 Å². The molecule has 1 amide bonds. The van der Waals surface area contributed by atoms with Crippen molar-refractivity contribution in [3.05, 3.63) is 0 Å². The first-order chi connectivity index (χ1) is 5.64. The van der Waals surface area contributed by atoms with Gasteiger partial charge in [-0.1, -0.05) is 15.9 Å². The Morgan fingerprint density at radius 3 is 2.83 bits per heavy atom. The lowest BCUT2D eigenvalue weighted by Gasteiger charge is -2.22. The van der Waals surface area contributed by atoms with Crippen LogP contribution in [0, 0.1) is 0 Å². The first kappa shape index (κ1) is 9.51. The second-order valence-electron chi connectivity index (χ2n) is 2.76. The van der Waals surface area contributed by atoms with E-state index < -0.39 is 5.54 Å². The molecular formula is C7H10BrNO3. The minimum atomic E-state index is -0.828. The zero-order valence-electron chi connectivity index (χ0n) is 6.72. The van der Waals surface area contributed by atoms with Gasteiger partial charge in [-0.2, -0.15) is 0 Å². The summed E-state index contributed by atoms with van der Waals surface area (Å²) in [4.78, 5) is 22.1. The molecule has 0 bridgehead atoms. The first-order valence-electron chi connectivity index (χ1n) is 3.60. The molecule has 1 atom stereocenters. The van der Waals surface area contributed by atoms with Gasteiger partial charge in [0.2, 0.25) is 5.91 Å². The number of carbonyl (C=O) groups excluding carboxylic acids is 2. The number of hydrogen-bond acceptors (Lipinski definition) is 3. The van der Waals surface area contributed by atoms with E-state index in [4.69, 9.17) is 0 Å². The van der Waals surface area contributed by atoms with Gasteiger partial charge in [0, 0.05) is 11.8 Å². The van der Waals surface area contributed by atoms with Gasteiger partial charge in [-0.25, -0.2) is 4.79 Å². The van der Waals surface area contributed by atoms with E-state index in [0.29, 0.717) is 18.2 Å². The van der Waals surface area contributed by atoms with Crippen LogP contribution in [-0.4, -0.2) is 29.9 Å². The number of amides is 1. The highest BCUT2D eigenvalue weighted by Gasteiger charge is 2.44. The van der Waals surface area contributed by atoms with Crippen molar-refractivity contribution in [2.75, 3.05) is 12.4 Å². The Morgan fingerprint density at radius 2 is 2.50 bits per heavy atom. The van der Waals surface area contributed by atoms with Crippen LogP contribution in [0.25, 0.3) is 0 Å². The smallest absolute Gasteiger partial charge is 0.332 e. The average Bonchev–Trinajstić information content (AvgIpc) is 2.47. The van der Waals surface area contributed by atoms with Crippen molar-refractivity contribution >= 4 is 27.8 Å². The summed E-state index contributed by atoms with van der Waals surface area (Å²) < 4.78 is 4.59. The van der Waals surface area contributed by atoms with Crippen molar-refractivity contribution in [2.24, 2.45) is 0 Å². The zero-order chi connectivity index (χ0) is 9.19. The molecule has 0 spiro atoms. The normalized spacial score (nSPS) is 28.3. The molecule has 0 radical (unpaired) electrons. The van der Waals surface area contributed by atoms with Gasteiger partial charge in [-0.05, 0) is 6.42 Å². The Kier molecular flexibility index (Phi) is 2.72. The third kappa shape index (κ3) is 1.46. The third-order valence-electron chi connectivity index (χ3n) is 1.96. The molecule has 1 N–H and O–H groups in total. The molecule has 68 valence electrons. The van der Waals surface area contributed by atoms with E-state index in [-0.39, 0.29) is 11.9 Å². The fourth-order valence-electron chi connectivity index (χ4n) is 1.22. The molecule has 4 nitrogen and oxygen atoms in total. The first-order valence-corrected chi connectivity index (χ1v) is 4.72. The van der Waals surface area contributed by atoms with Crippen molar-refractivity contribution < 1.29 is 14.3 Å². The van der Waals surface area contributed by atoms with Crippen LogP contribution in [0.5, 0.6) is 0 Å². The maximum atomic E-state index is 11.2. The van der Waals surface area contributed by atoms with E-state index in [0.717, 1.165) is 0 Å². The summed E-state index contributed by atoms with van der Waals surface area (Å²) in [6.07, 6.45) is 0.893. The summed E-state index contributed by atoms with van der Waals surface area (Å²) in [6, 6.07) is 0. The molecule has 1 heterocycles. The fraction of sp³-hybridized carbons (Fsp3) is 0.714. The number of carbonyl (C=O) groups is 2. The molecule has 5 heteroatoms. The van der Waals surface area contributed by atoms with Gasteiger partial charge in [0.05, 0.1) is 7.11 Å². The van der Waals surface area contributed by atoms with Gasteiger partial charge >= 0.3 is 5.97 Å². The summed E-state index contributed by atoms with van der Waals surface area (Å²) in [5.74, 6) is -0.481. The second-order valence-corrected chi connectivity index (χ2v) is 3.32. The fourth-order valence-corrected chi connectivity index (χ4v) is 1.87. The molecule has 1 rings (SSSR count). The lowest BCUT2D eigenvalue weighted by atomic mass is 10.0. The molecular weight excluding hydrogens is 226 g/mol. The predicted octanol–water partition coefficient (Wildman–Crippen LogP) is 0.203. The van der Waals surface area contributed by atoms with Crippen LogP contribution in [0.15, 0.2) is 0 Å². The zero-order valence-corrected chi connectivity index (χ0v) is 8.31. The van der Waals surface area contributed by atoms with Gasteiger partial charge in [-0.3, -0.25) is 4.79 Å². The van der Waals surface area contributed by atoms with Crippen molar-refractivity contribution in [3.8, 4) is 0 Å². The average molecular weight is 236 g/mol. The summed E-state index contributed by atoms with van der Waals surface area (Å²) in [6.45, 7) is 0. The maximum Gasteiger partial charge on any atom is 0.332 e. The Labute approximate surface area is 78.8 Å². The number of esters is 1. The molecule has 0 saturated carbocycles. The number of alkyl halides is 1. The number of methoxy groups -OCH3 is 1. The van der Waals surface area contributed by atoms with Crippen LogP contribution < -0.4 is 5.32 Å². The van der Waals surface area contributed by atoms with Crippen LogP contribution in [0.3, 0.4) is 0 Å². The van der Waals surface area contributed by atoms with E-state index >= 15 is 0 Å². The molecule has 1 saturated heterocycles. The van der Waals surface area contributed by atoms with Gasteiger partial charge in [0.15, 0.2) is 0 Å². The van der Waals surface area contributed by atoms with Gasteiger partial charge in [0.25, 0.3) is 0 Å². The van der Waals surface area contributed by atoms with E-state index in [1.165, 1.54) is 7.11 Å². The second kappa shape index (κ2) is 3.43. The van der Waals surface area contributed by atoms with E-state index in [1.54, 1.807) is 0 Å². The highest BCUT2D eigenvalue weighted by Crippen LogP contribution is 2.23. The Bertz CT molecular complexity index is 219. The quantitative estimate of drug-likeness (QED) is 0.550. The summed E-state index contributed by atoms with van der Waals surface area (Å²) in [5, 5.41) is 3.01. The van der Waals surface area contributed by atoms with Crippen LogP contribution in [0.2, 0.25) is 0 Å². The number of hydrogen-bond donors (Lipinski definition) is 1. The monoisotopic (exact) mass is 235 g/mol. The van der Waals surface area contributed by atoms with Crippen LogP contribution >= 0.6 is 15.9 Å². The van der Waals surface area contributed by atoms with Gasteiger partial charge in [0.1, 0.15) is 5.54 Å². The molecule has 1 aliphatic heterocycles. The number of halogens is 1. The minimum Gasteiger partial charge on any atom is -0.467 e. The summed E-state index contributed by atoms with van der Waals surface area (Å²) >= 11 is 3.19. The Morgan fingerprint density at radius 1 is 1.83 bits per heavy atom. The summed E-state index contributed by atoms with van der Waals surface area (Å²) in [7, 11) is 1.32. The highest BCUT2D eigenvalue weighted by atomic mass is 79.9. The lowest BCUT2D eigenvalue weighted by Crippen LogP contribution is -2.51. The molecule has 12 heavy (non-hydrogen) atoms. The van der Waals surface area contributed by atoms with E-state index in [9.17, 15) is 9.59 Å². The molecule has 0 aromatic rings. The Balaban J connectivity index is 2.77. The number of ether oxygens (including phenoxy) is 1. The van der Waals surface area contributed by atoms with Gasteiger partial charge < -0.3 is 10.1 Å². The topological polar surface area (TPSA) is 55.4 Å². The van der Waals surface area contributed by atoms with Gasteiger partial charge in [-0.15, -0.1) is 0 Å². The molecule has 1 aliphatic rings. The SMILES string of the molecule is COC(=O)C1(CBr)CCC(=O)N1.